The number of ketones is 1. The molecular weight excluding hydrogens is 228 g/mol. The minimum atomic E-state index is -0.516. The third-order valence-electron chi connectivity index (χ3n) is 2.07. The molecule has 1 aromatic carbocycles. The Bertz CT molecular complexity index is 513. The highest BCUT2D eigenvalue weighted by Gasteiger charge is 2.12. The molecule has 0 aliphatic rings. The first-order chi connectivity index (χ1) is 7.66. The first-order valence-corrected chi connectivity index (χ1v) is 5.15. The predicted octanol–water partition coefficient (Wildman–Crippen LogP) is 0.800. The number of carbonyl (C=O) groups excluding carboxylic acids is 1. The van der Waals surface area contributed by atoms with Gasteiger partial charge >= 0.3 is 0 Å². The second kappa shape index (κ2) is 4.49. The van der Waals surface area contributed by atoms with E-state index in [1.165, 1.54) is 29.5 Å². The molecule has 0 aliphatic carbocycles. The highest BCUT2D eigenvalue weighted by molar-refractivity contribution is 7.27. The Hall–Kier alpha value is -1.61. The molecule has 2 rings (SSSR count). The molecule has 2 aromatic rings. The molecule has 0 aliphatic heterocycles. The number of benzene rings is 1. The Morgan fingerprint density at radius 3 is 2.94 bits per heavy atom. The predicted molar refractivity (Wildman–Crippen MR) is 60.1 cm³/mol. The van der Waals surface area contributed by atoms with Crippen LogP contribution in [0.3, 0.4) is 0 Å². The van der Waals surface area contributed by atoms with Crippen molar-refractivity contribution in [2.45, 2.75) is 6.54 Å². The molecule has 0 bridgehead atoms. The molecule has 82 valence electrons. The molecule has 0 radical (unpaired) electrons. The van der Waals surface area contributed by atoms with E-state index in [1.807, 2.05) is 0 Å². The fourth-order valence-electron chi connectivity index (χ4n) is 1.30. The molecule has 1 heterocycles. The summed E-state index contributed by atoms with van der Waals surface area (Å²) in [5.41, 5.74) is 0.0710. The van der Waals surface area contributed by atoms with Gasteiger partial charge in [0.1, 0.15) is 25.0 Å². The number of carbonyl (C=O) groups is 1. The van der Waals surface area contributed by atoms with E-state index in [4.69, 9.17) is 0 Å². The number of rotatable bonds is 3. The maximum absolute atomic E-state index is 13.5. The lowest BCUT2D eigenvalue weighted by atomic mass is 10.1. The molecule has 0 saturated carbocycles. The first-order valence-electron chi connectivity index (χ1n) is 4.57. The average Bonchev–Trinajstić information content (AvgIpc) is 2.70. The lowest BCUT2D eigenvalue weighted by Gasteiger charge is -2.03. The number of halogens is 1. The summed E-state index contributed by atoms with van der Waals surface area (Å²) in [4.78, 5) is 15.4. The van der Waals surface area contributed by atoms with Crippen LogP contribution in [0.4, 0.5) is 4.39 Å². The summed E-state index contributed by atoms with van der Waals surface area (Å²) in [6.07, 6.45) is 2.75. The van der Waals surface area contributed by atoms with E-state index in [-0.39, 0.29) is 17.9 Å². The van der Waals surface area contributed by atoms with E-state index < -0.39 is 5.82 Å². The van der Waals surface area contributed by atoms with Crippen molar-refractivity contribution in [1.29, 1.82) is 0 Å². The average molecular weight is 237 g/mol. The summed E-state index contributed by atoms with van der Waals surface area (Å²) in [6.45, 7) is -0.00682. The van der Waals surface area contributed by atoms with Crippen LogP contribution in [0.2, 0.25) is 0 Å². The standard InChI is InChI=1S/C10H9FN3OP/c11-9-3-7(16)1-2-8(9)10(15)4-14-6-12-5-13-14/h1-3,5-6H,4,16H2. The first kappa shape index (κ1) is 10.9. The van der Waals surface area contributed by atoms with Gasteiger partial charge in [0.2, 0.25) is 0 Å². The van der Waals surface area contributed by atoms with Crippen LogP contribution >= 0.6 is 9.24 Å². The van der Waals surface area contributed by atoms with E-state index >= 15 is 0 Å². The maximum Gasteiger partial charge on any atom is 0.187 e. The van der Waals surface area contributed by atoms with E-state index in [1.54, 1.807) is 6.07 Å². The molecule has 1 aromatic heterocycles. The summed E-state index contributed by atoms with van der Waals surface area (Å²) >= 11 is 0. The van der Waals surface area contributed by atoms with E-state index in [2.05, 4.69) is 19.3 Å². The lowest BCUT2D eigenvalue weighted by Crippen LogP contribution is -2.13. The molecule has 1 unspecified atom stereocenters. The number of aromatic nitrogens is 3. The Kier molecular flexibility index (Phi) is 3.06. The van der Waals surface area contributed by atoms with Crippen LogP contribution in [0, 0.1) is 5.82 Å². The lowest BCUT2D eigenvalue weighted by molar-refractivity contribution is 0.0963. The molecule has 1 atom stereocenters. The number of hydrogen-bond donors (Lipinski definition) is 0. The van der Waals surface area contributed by atoms with Gasteiger partial charge in [0.15, 0.2) is 5.78 Å². The van der Waals surface area contributed by atoms with E-state index in [9.17, 15) is 9.18 Å². The van der Waals surface area contributed by atoms with Crippen LogP contribution in [0.25, 0.3) is 0 Å². The minimum absolute atomic E-state index is 0.00682. The summed E-state index contributed by atoms with van der Waals surface area (Å²) < 4.78 is 14.8. The second-order valence-corrected chi connectivity index (χ2v) is 3.92. The van der Waals surface area contributed by atoms with Gasteiger partial charge < -0.3 is 0 Å². The van der Waals surface area contributed by atoms with Gasteiger partial charge in [0.05, 0.1) is 5.56 Å². The summed E-state index contributed by atoms with van der Waals surface area (Å²) in [7, 11) is 2.37. The van der Waals surface area contributed by atoms with Crippen LogP contribution < -0.4 is 5.30 Å². The normalized spacial score (nSPS) is 10.4. The van der Waals surface area contributed by atoms with Crippen LogP contribution in [0.1, 0.15) is 10.4 Å². The van der Waals surface area contributed by atoms with E-state index in [0.717, 1.165) is 0 Å². The quantitative estimate of drug-likeness (QED) is 0.586. The Morgan fingerprint density at radius 1 is 1.50 bits per heavy atom. The molecule has 16 heavy (non-hydrogen) atoms. The van der Waals surface area contributed by atoms with Gasteiger partial charge in [0.25, 0.3) is 0 Å². The largest absolute Gasteiger partial charge is 0.292 e. The van der Waals surface area contributed by atoms with Crippen molar-refractivity contribution < 1.29 is 9.18 Å². The fourth-order valence-corrected chi connectivity index (χ4v) is 1.55. The zero-order valence-corrected chi connectivity index (χ0v) is 9.45. The smallest absolute Gasteiger partial charge is 0.187 e. The van der Waals surface area contributed by atoms with Crippen LogP contribution in [-0.4, -0.2) is 20.5 Å². The van der Waals surface area contributed by atoms with Crippen molar-refractivity contribution in [1.82, 2.24) is 14.8 Å². The highest BCUT2D eigenvalue weighted by atomic mass is 31.0. The topological polar surface area (TPSA) is 47.8 Å². The monoisotopic (exact) mass is 237 g/mol. The SMILES string of the molecule is O=C(Cn1cncn1)c1ccc(P)cc1F. The van der Waals surface area contributed by atoms with E-state index in [0.29, 0.717) is 5.30 Å². The third kappa shape index (κ3) is 2.31. The Morgan fingerprint density at radius 2 is 2.31 bits per heavy atom. The molecule has 0 spiro atoms. The Labute approximate surface area is 93.7 Å². The van der Waals surface area contributed by atoms with Crippen LogP contribution in [-0.2, 0) is 6.54 Å². The van der Waals surface area contributed by atoms with Gasteiger partial charge in [-0.1, -0.05) is 6.07 Å². The van der Waals surface area contributed by atoms with Gasteiger partial charge in [0, 0.05) is 0 Å². The summed E-state index contributed by atoms with van der Waals surface area (Å²) in [5.74, 6) is -0.842. The summed E-state index contributed by atoms with van der Waals surface area (Å²) in [5, 5.41) is 4.49. The molecule has 0 saturated heterocycles. The molecule has 0 N–H and O–H groups in total. The second-order valence-electron chi connectivity index (χ2n) is 3.26. The molecule has 0 fully saturated rings. The highest BCUT2D eigenvalue weighted by Crippen LogP contribution is 2.08. The Balaban J connectivity index is 2.21. The third-order valence-corrected chi connectivity index (χ3v) is 2.42. The van der Waals surface area contributed by atoms with Gasteiger partial charge in [-0.15, -0.1) is 9.24 Å². The van der Waals surface area contributed by atoms with Crippen molar-refractivity contribution in [2.24, 2.45) is 0 Å². The number of hydrogen-bond acceptors (Lipinski definition) is 3. The van der Waals surface area contributed by atoms with Gasteiger partial charge in [-0.2, -0.15) is 5.10 Å². The van der Waals surface area contributed by atoms with Crippen molar-refractivity contribution in [3.8, 4) is 0 Å². The van der Waals surface area contributed by atoms with Gasteiger partial charge in [-0.25, -0.2) is 14.1 Å². The van der Waals surface area contributed by atoms with Crippen molar-refractivity contribution >= 4 is 20.3 Å². The number of nitrogens with zero attached hydrogens (tertiary/aromatic N) is 3. The summed E-state index contributed by atoms with van der Waals surface area (Å²) in [6, 6.07) is 4.44. The molecular formula is C10H9FN3OP. The fraction of sp³-hybridized carbons (Fsp3) is 0.100. The molecule has 6 heteroatoms. The number of Topliss-reactive ketones (excluding diaryl/α,β-unsaturated/α-hetero) is 1. The maximum atomic E-state index is 13.5. The minimum Gasteiger partial charge on any atom is -0.292 e. The molecule has 4 nitrogen and oxygen atoms in total. The zero-order valence-electron chi connectivity index (χ0n) is 8.30. The van der Waals surface area contributed by atoms with Crippen molar-refractivity contribution in [3.63, 3.8) is 0 Å². The van der Waals surface area contributed by atoms with Crippen LogP contribution in [0.5, 0.6) is 0 Å². The van der Waals surface area contributed by atoms with Crippen molar-refractivity contribution in [3.05, 3.63) is 42.2 Å². The van der Waals surface area contributed by atoms with Gasteiger partial charge in [-0.05, 0) is 17.4 Å². The zero-order chi connectivity index (χ0) is 11.5. The molecule has 0 amide bonds. The van der Waals surface area contributed by atoms with Crippen molar-refractivity contribution in [2.75, 3.05) is 0 Å². The van der Waals surface area contributed by atoms with Crippen LogP contribution in [0.15, 0.2) is 30.9 Å². The van der Waals surface area contributed by atoms with Gasteiger partial charge in [-0.3, -0.25) is 4.79 Å².